The highest BCUT2D eigenvalue weighted by Crippen LogP contribution is 2.42. The number of nitrogens with one attached hydrogen (secondary N) is 1. The van der Waals surface area contributed by atoms with Crippen LogP contribution in [0.25, 0.3) is 0 Å². The highest BCUT2D eigenvalue weighted by Gasteiger charge is 2.53. The van der Waals surface area contributed by atoms with Crippen LogP contribution in [0.15, 0.2) is 29.3 Å². The molecule has 2 fully saturated rings. The van der Waals surface area contributed by atoms with Crippen molar-refractivity contribution in [2.75, 3.05) is 31.1 Å². The number of hydrogen-bond donors (Lipinski definition) is 1. The van der Waals surface area contributed by atoms with Crippen LogP contribution in [0, 0.1) is 12.3 Å². The molecule has 136 valence electrons. The van der Waals surface area contributed by atoms with Crippen LogP contribution in [0.2, 0.25) is 0 Å². The van der Waals surface area contributed by atoms with E-state index in [0.717, 1.165) is 37.7 Å². The fourth-order valence-corrected chi connectivity index (χ4v) is 3.86. The number of aromatic nitrogens is 3. The number of H-pyrrole nitrogens is 1. The number of anilines is 1. The molecule has 1 spiro atoms. The van der Waals surface area contributed by atoms with Gasteiger partial charge >= 0.3 is 0 Å². The van der Waals surface area contributed by atoms with E-state index in [1.54, 1.807) is 19.3 Å². The lowest BCUT2D eigenvalue weighted by atomic mass is 9.72. The van der Waals surface area contributed by atoms with E-state index in [1.807, 2.05) is 4.90 Å². The first-order valence-corrected chi connectivity index (χ1v) is 8.93. The topological polar surface area (TPSA) is 82.2 Å². The van der Waals surface area contributed by atoms with Gasteiger partial charge in [0.1, 0.15) is 12.1 Å². The highest BCUT2D eigenvalue weighted by atomic mass is 16.2. The number of pyridine rings is 1. The monoisotopic (exact) mass is 353 g/mol. The maximum atomic E-state index is 12.6. The van der Waals surface area contributed by atoms with Crippen molar-refractivity contribution >= 4 is 11.7 Å². The Bertz CT molecular complexity index is 906. The summed E-state index contributed by atoms with van der Waals surface area (Å²) >= 11 is 0. The number of amides is 1. The second kappa shape index (κ2) is 5.93. The van der Waals surface area contributed by atoms with Crippen molar-refractivity contribution < 1.29 is 4.79 Å². The Hall–Kier alpha value is -2.70. The molecule has 0 unspecified atom stereocenters. The molecule has 0 atom stereocenters. The van der Waals surface area contributed by atoms with Gasteiger partial charge in [0, 0.05) is 55.1 Å². The molecule has 0 aromatic carbocycles. The summed E-state index contributed by atoms with van der Waals surface area (Å²) in [7, 11) is 0. The average Bonchev–Trinajstić information content (AvgIpc) is 2.52. The number of carbonyl (C=O) groups excluding carboxylic acids is 1. The molecule has 2 saturated heterocycles. The molecule has 0 bridgehead atoms. The fraction of sp³-hybridized carbons (Fsp3) is 0.474. The van der Waals surface area contributed by atoms with Crippen LogP contribution in [0.5, 0.6) is 0 Å². The molecule has 0 radical (unpaired) electrons. The normalized spacial score (nSPS) is 18.0. The molecule has 26 heavy (non-hydrogen) atoms. The molecule has 2 aromatic rings. The van der Waals surface area contributed by atoms with E-state index in [2.05, 4.69) is 39.8 Å². The predicted octanol–water partition coefficient (Wildman–Crippen LogP) is 1.56. The van der Waals surface area contributed by atoms with Gasteiger partial charge in [-0.3, -0.25) is 9.59 Å². The first-order chi connectivity index (χ1) is 12.4. The van der Waals surface area contributed by atoms with Gasteiger partial charge in [0.2, 0.25) is 5.56 Å². The van der Waals surface area contributed by atoms with Gasteiger partial charge in [0.15, 0.2) is 0 Å². The molecule has 7 nitrogen and oxygen atoms in total. The summed E-state index contributed by atoms with van der Waals surface area (Å²) in [4.78, 5) is 39.5. The zero-order valence-corrected chi connectivity index (χ0v) is 15.3. The maximum Gasteiger partial charge on any atom is 0.255 e. The van der Waals surface area contributed by atoms with Crippen LogP contribution in [0.1, 0.15) is 41.5 Å². The van der Waals surface area contributed by atoms with Crippen molar-refractivity contribution in [1.82, 2.24) is 19.9 Å². The Morgan fingerprint density at radius 3 is 2.58 bits per heavy atom. The van der Waals surface area contributed by atoms with Crippen LogP contribution in [0.4, 0.5) is 5.82 Å². The lowest BCUT2D eigenvalue weighted by Gasteiger charge is -2.60. The summed E-state index contributed by atoms with van der Waals surface area (Å²) in [6, 6.07) is 5.08. The first-order valence-electron chi connectivity index (χ1n) is 8.93. The van der Waals surface area contributed by atoms with Gasteiger partial charge in [-0.05, 0) is 18.9 Å². The average molecular weight is 353 g/mol. The van der Waals surface area contributed by atoms with E-state index in [-0.39, 0.29) is 16.9 Å². The van der Waals surface area contributed by atoms with Crippen LogP contribution in [-0.2, 0) is 0 Å². The number of likely N-dealkylation sites (tertiary alicyclic amines) is 1. The zero-order chi connectivity index (χ0) is 18.5. The third kappa shape index (κ3) is 2.77. The summed E-state index contributed by atoms with van der Waals surface area (Å²) in [5.41, 5.74) is 2.25. The lowest BCUT2D eigenvalue weighted by Crippen LogP contribution is -2.73. The van der Waals surface area contributed by atoms with E-state index in [4.69, 9.17) is 0 Å². The number of carbonyl (C=O) groups is 1. The van der Waals surface area contributed by atoms with Crippen LogP contribution in [0.3, 0.4) is 0 Å². The molecule has 2 aromatic heterocycles. The Morgan fingerprint density at radius 1 is 1.19 bits per heavy atom. The van der Waals surface area contributed by atoms with Crippen LogP contribution < -0.4 is 10.5 Å². The van der Waals surface area contributed by atoms with Gasteiger partial charge in [-0.15, -0.1) is 0 Å². The Kier molecular flexibility index (Phi) is 3.82. The molecule has 1 amide bonds. The smallest absolute Gasteiger partial charge is 0.255 e. The van der Waals surface area contributed by atoms with Crippen LogP contribution in [-0.4, -0.2) is 51.9 Å². The molecule has 2 aliphatic heterocycles. The van der Waals surface area contributed by atoms with E-state index in [1.165, 1.54) is 6.07 Å². The minimum absolute atomic E-state index is 0.00745. The largest absolute Gasteiger partial charge is 0.355 e. The Morgan fingerprint density at radius 2 is 1.92 bits per heavy atom. The summed E-state index contributed by atoms with van der Waals surface area (Å²) in [5.74, 6) is 1.34. The third-order valence-corrected chi connectivity index (χ3v) is 5.33. The van der Waals surface area contributed by atoms with Crippen LogP contribution >= 0.6 is 0 Å². The van der Waals surface area contributed by atoms with Crippen molar-refractivity contribution in [3.63, 3.8) is 0 Å². The Labute approximate surface area is 152 Å². The van der Waals surface area contributed by atoms with Crippen molar-refractivity contribution in [3.05, 3.63) is 51.8 Å². The van der Waals surface area contributed by atoms with Gasteiger partial charge in [-0.25, -0.2) is 9.97 Å². The van der Waals surface area contributed by atoms with Gasteiger partial charge in [0.25, 0.3) is 5.91 Å². The van der Waals surface area contributed by atoms with E-state index >= 15 is 0 Å². The molecular formula is C19H23N5O2. The van der Waals surface area contributed by atoms with Gasteiger partial charge in [-0.1, -0.05) is 13.8 Å². The van der Waals surface area contributed by atoms with Crippen molar-refractivity contribution in [3.8, 4) is 0 Å². The number of rotatable bonds is 3. The van der Waals surface area contributed by atoms with Crippen molar-refractivity contribution in [2.45, 2.75) is 26.7 Å². The second-order valence-electron chi connectivity index (χ2n) is 7.83. The summed E-state index contributed by atoms with van der Waals surface area (Å²) in [6.07, 6.45) is 1.63. The number of aromatic amines is 1. The number of hydrogen-bond acceptors (Lipinski definition) is 5. The number of nitrogens with zero attached hydrogens (tertiary/aromatic N) is 4. The lowest BCUT2D eigenvalue weighted by molar-refractivity contribution is -0.0108. The SMILES string of the molecule is Cc1[nH]c(=O)ccc1C(=O)N1CC2(C1)CN(c1cc(C(C)C)ncn1)C2. The van der Waals surface area contributed by atoms with Crippen molar-refractivity contribution in [2.24, 2.45) is 5.41 Å². The second-order valence-corrected chi connectivity index (χ2v) is 7.83. The van der Waals surface area contributed by atoms with Gasteiger partial charge in [-0.2, -0.15) is 0 Å². The third-order valence-electron chi connectivity index (χ3n) is 5.33. The predicted molar refractivity (Wildman–Crippen MR) is 98.5 cm³/mol. The Balaban J connectivity index is 1.38. The zero-order valence-electron chi connectivity index (χ0n) is 15.3. The molecule has 1 N–H and O–H groups in total. The molecule has 0 aliphatic carbocycles. The molecular weight excluding hydrogens is 330 g/mol. The molecule has 0 saturated carbocycles. The summed E-state index contributed by atoms with van der Waals surface area (Å²) in [5, 5.41) is 0. The fourth-order valence-electron chi connectivity index (χ4n) is 3.86. The van der Waals surface area contributed by atoms with Crippen molar-refractivity contribution in [1.29, 1.82) is 0 Å². The minimum atomic E-state index is -0.181. The van der Waals surface area contributed by atoms with E-state index < -0.39 is 0 Å². The van der Waals surface area contributed by atoms with Gasteiger partial charge < -0.3 is 14.8 Å². The van der Waals surface area contributed by atoms with E-state index in [9.17, 15) is 9.59 Å². The maximum absolute atomic E-state index is 12.6. The molecule has 4 rings (SSSR count). The standard InChI is InChI=1S/C19H23N5O2/c1-12(2)15-6-16(21-11-20-15)23-7-19(8-23)9-24(10-19)18(26)14-4-5-17(25)22-13(14)3/h4-6,11-12H,7-10H2,1-3H3,(H,22,25). The quantitative estimate of drug-likeness (QED) is 0.905. The molecule has 7 heteroatoms. The van der Waals surface area contributed by atoms with Gasteiger partial charge in [0.05, 0.1) is 5.56 Å². The minimum Gasteiger partial charge on any atom is -0.355 e. The van der Waals surface area contributed by atoms with E-state index in [0.29, 0.717) is 17.2 Å². The first kappa shape index (κ1) is 16.8. The summed E-state index contributed by atoms with van der Waals surface area (Å²) in [6.45, 7) is 9.34. The molecule has 2 aliphatic rings. The molecule has 4 heterocycles. The summed E-state index contributed by atoms with van der Waals surface area (Å²) < 4.78 is 0. The highest BCUT2D eigenvalue weighted by molar-refractivity contribution is 5.95. The number of aryl methyl sites for hydroxylation is 1.